The van der Waals surface area contributed by atoms with Gasteiger partial charge in [-0.1, -0.05) is 16.8 Å². The van der Waals surface area contributed by atoms with Gasteiger partial charge in [0.05, 0.1) is 16.6 Å². The van der Waals surface area contributed by atoms with Gasteiger partial charge in [0.1, 0.15) is 10.6 Å². The number of carbonyl (C=O) groups is 2. The molecule has 1 aromatic heterocycles. The van der Waals surface area contributed by atoms with Crippen molar-refractivity contribution >= 4 is 40.4 Å². The van der Waals surface area contributed by atoms with E-state index in [1.165, 1.54) is 6.07 Å². The first-order chi connectivity index (χ1) is 11.2. The summed E-state index contributed by atoms with van der Waals surface area (Å²) in [5, 5.41) is 4.62. The summed E-state index contributed by atoms with van der Waals surface area (Å²) in [7, 11) is 0. The van der Waals surface area contributed by atoms with Crippen LogP contribution >= 0.6 is 11.6 Å². The summed E-state index contributed by atoms with van der Waals surface area (Å²) in [6, 6.07) is 1.36. The van der Waals surface area contributed by atoms with E-state index in [9.17, 15) is 9.59 Å². The second-order valence-electron chi connectivity index (χ2n) is 6.73. The quantitative estimate of drug-likeness (QED) is 0.494. The Hall–Kier alpha value is -2.28. The first-order valence-electron chi connectivity index (χ1n) is 7.50. The third kappa shape index (κ3) is 3.17. The van der Waals surface area contributed by atoms with Crippen LogP contribution in [-0.4, -0.2) is 22.9 Å². The van der Waals surface area contributed by atoms with E-state index in [2.05, 4.69) is 9.89 Å². The molecule has 8 heteroatoms. The van der Waals surface area contributed by atoms with Crippen LogP contribution in [-0.2, 0) is 9.47 Å². The molecule has 7 nitrogen and oxygen atoms in total. The lowest BCUT2D eigenvalue weighted by Crippen LogP contribution is -2.26. The molecular weight excluding hydrogens is 336 g/mol. The lowest BCUT2D eigenvalue weighted by Gasteiger charge is -2.18. The average molecular weight is 353 g/mol. The monoisotopic (exact) mass is 352 g/mol. The molecule has 0 unspecified atom stereocenters. The van der Waals surface area contributed by atoms with Gasteiger partial charge in [-0.05, 0) is 39.7 Å². The van der Waals surface area contributed by atoms with Crippen LogP contribution in [0, 0.1) is 0 Å². The number of ether oxygens (including phenoxy) is 2. The van der Waals surface area contributed by atoms with Gasteiger partial charge in [0.25, 0.3) is 0 Å². The summed E-state index contributed by atoms with van der Waals surface area (Å²) in [5.74, 6) is -0.656. The first kappa shape index (κ1) is 16.6. The Bertz CT molecular complexity index is 833. The third-order valence-corrected chi connectivity index (χ3v) is 3.87. The SMILES string of the molecule is CC(C)(C)OC(=O)OC(=O)c1cc(N)c2c(C3CC3)noc2c1Cl. The molecule has 1 heterocycles. The fourth-order valence-electron chi connectivity index (χ4n) is 2.33. The second kappa shape index (κ2) is 5.66. The minimum Gasteiger partial charge on any atom is -0.428 e. The van der Waals surface area contributed by atoms with Crippen LogP contribution < -0.4 is 5.73 Å². The van der Waals surface area contributed by atoms with E-state index in [1.807, 2.05) is 0 Å². The van der Waals surface area contributed by atoms with Gasteiger partial charge in [0.2, 0.25) is 0 Å². The van der Waals surface area contributed by atoms with Gasteiger partial charge in [-0.2, -0.15) is 0 Å². The number of carbonyl (C=O) groups excluding carboxylic acids is 2. The summed E-state index contributed by atoms with van der Waals surface area (Å²) in [6.07, 6.45) is 0.917. The van der Waals surface area contributed by atoms with Crippen molar-refractivity contribution in [2.24, 2.45) is 0 Å². The lowest BCUT2D eigenvalue weighted by atomic mass is 10.1. The Morgan fingerprint density at radius 3 is 2.62 bits per heavy atom. The number of esters is 1. The van der Waals surface area contributed by atoms with Crippen LogP contribution in [0.1, 0.15) is 55.6 Å². The molecule has 0 aliphatic heterocycles. The molecule has 1 aliphatic carbocycles. The zero-order valence-corrected chi connectivity index (χ0v) is 14.3. The van der Waals surface area contributed by atoms with Crippen LogP contribution in [0.4, 0.5) is 10.5 Å². The lowest BCUT2D eigenvalue weighted by molar-refractivity contribution is -0.00153. The molecule has 2 aromatic rings. The van der Waals surface area contributed by atoms with Crippen LogP contribution in [0.3, 0.4) is 0 Å². The van der Waals surface area contributed by atoms with Crippen molar-refractivity contribution in [3.8, 4) is 0 Å². The number of hydrogen-bond donors (Lipinski definition) is 1. The Kier molecular flexibility index (Phi) is 3.91. The summed E-state index contributed by atoms with van der Waals surface area (Å²) in [6.45, 7) is 4.97. The fourth-order valence-corrected chi connectivity index (χ4v) is 2.59. The number of benzene rings is 1. The van der Waals surface area contributed by atoms with Gasteiger partial charge >= 0.3 is 12.1 Å². The molecule has 128 valence electrons. The number of aromatic nitrogens is 1. The predicted octanol–water partition coefficient (Wildman–Crippen LogP) is 4.03. The summed E-state index contributed by atoms with van der Waals surface area (Å²) < 4.78 is 14.9. The smallest absolute Gasteiger partial charge is 0.428 e. The van der Waals surface area contributed by atoms with E-state index < -0.39 is 17.7 Å². The largest absolute Gasteiger partial charge is 0.516 e. The van der Waals surface area contributed by atoms with Gasteiger partial charge in [-0.3, -0.25) is 0 Å². The van der Waals surface area contributed by atoms with Crippen molar-refractivity contribution in [3.63, 3.8) is 0 Å². The minimum absolute atomic E-state index is 0.00663. The molecule has 1 fully saturated rings. The average Bonchev–Trinajstić information content (AvgIpc) is 3.18. The summed E-state index contributed by atoms with van der Waals surface area (Å²) in [4.78, 5) is 23.8. The Labute approximate surface area is 143 Å². The number of nitrogens with two attached hydrogens (primary N) is 1. The molecule has 0 amide bonds. The molecular formula is C16H17ClN2O5. The maximum absolute atomic E-state index is 12.2. The Morgan fingerprint density at radius 1 is 1.38 bits per heavy atom. The van der Waals surface area contributed by atoms with Crippen molar-refractivity contribution in [3.05, 3.63) is 22.3 Å². The molecule has 0 atom stereocenters. The fraction of sp³-hybridized carbons (Fsp3) is 0.438. The van der Waals surface area contributed by atoms with E-state index in [0.717, 1.165) is 18.5 Å². The highest BCUT2D eigenvalue weighted by Gasteiger charge is 2.32. The Morgan fingerprint density at radius 2 is 2.04 bits per heavy atom. The maximum Gasteiger partial charge on any atom is 0.516 e. The van der Waals surface area contributed by atoms with E-state index in [4.69, 9.17) is 26.6 Å². The number of nitrogens with zero attached hydrogens (tertiary/aromatic N) is 1. The van der Waals surface area contributed by atoms with Gasteiger partial charge in [-0.15, -0.1) is 0 Å². The zero-order chi connectivity index (χ0) is 17.6. The minimum atomic E-state index is -1.11. The second-order valence-corrected chi connectivity index (χ2v) is 7.11. The molecule has 3 rings (SSSR count). The molecule has 0 radical (unpaired) electrons. The van der Waals surface area contributed by atoms with E-state index in [0.29, 0.717) is 17.0 Å². The first-order valence-corrected chi connectivity index (χ1v) is 7.87. The molecule has 1 aromatic carbocycles. The highest BCUT2D eigenvalue weighted by molar-refractivity contribution is 6.38. The molecule has 2 N–H and O–H groups in total. The number of rotatable bonds is 2. The number of fused-ring (bicyclic) bond motifs is 1. The number of nitrogen functional groups attached to an aromatic ring is 1. The number of hydrogen-bond acceptors (Lipinski definition) is 7. The van der Waals surface area contributed by atoms with Gasteiger partial charge in [0.15, 0.2) is 5.58 Å². The molecule has 1 saturated carbocycles. The summed E-state index contributed by atoms with van der Waals surface area (Å²) in [5.41, 5.74) is 6.43. The highest BCUT2D eigenvalue weighted by Crippen LogP contribution is 2.45. The number of anilines is 1. The van der Waals surface area contributed by atoms with Crippen molar-refractivity contribution in [2.45, 2.75) is 45.1 Å². The summed E-state index contributed by atoms with van der Waals surface area (Å²) >= 11 is 6.22. The van der Waals surface area contributed by atoms with E-state index >= 15 is 0 Å². The molecule has 0 bridgehead atoms. The number of halogens is 1. The third-order valence-electron chi connectivity index (χ3n) is 3.49. The molecule has 24 heavy (non-hydrogen) atoms. The molecule has 0 spiro atoms. The van der Waals surface area contributed by atoms with Gasteiger partial charge in [-0.25, -0.2) is 9.59 Å². The van der Waals surface area contributed by atoms with E-state index in [1.54, 1.807) is 20.8 Å². The Balaban J connectivity index is 1.91. The van der Waals surface area contributed by atoms with Crippen LogP contribution in [0.5, 0.6) is 0 Å². The normalized spacial score (nSPS) is 14.7. The van der Waals surface area contributed by atoms with Crippen molar-refractivity contribution in [1.29, 1.82) is 0 Å². The topological polar surface area (TPSA) is 105 Å². The van der Waals surface area contributed by atoms with Crippen LogP contribution in [0.25, 0.3) is 11.0 Å². The predicted molar refractivity (Wildman–Crippen MR) is 87.1 cm³/mol. The van der Waals surface area contributed by atoms with Crippen molar-refractivity contribution in [1.82, 2.24) is 5.16 Å². The molecule has 1 aliphatic rings. The van der Waals surface area contributed by atoms with Gasteiger partial charge < -0.3 is 19.7 Å². The van der Waals surface area contributed by atoms with Crippen molar-refractivity contribution in [2.75, 3.05) is 5.73 Å². The standard InChI is InChI=1S/C16H17ClN2O5/c1-16(2,3)23-15(21)22-14(20)8-6-9(18)10-12(7-4-5-7)19-24-13(10)11(8)17/h6-7H,4-5,18H2,1-3H3. The van der Waals surface area contributed by atoms with Crippen LogP contribution in [0.15, 0.2) is 10.6 Å². The van der Waals surface area contributed by atoms with E-state index in [-0.39, 0.29) is 16.2 Å². The maximum atomic E-state index is 12.2. The zero-order valence-electron chi connectivity index (χ0n) is 13.5. The molecule has 0 saturated heterocycles. The van der Waals surface area contributed by atoms with Gasteiger partial charge in [0, 0.05) is 11.6 Å². The van der Waals surface area contributed by atoms with Crippen molar-refractivity contribution < 1.29 is 23.6 Å². The van der Waals surface area contributed by atoms with Crippen LogP contribution in [0.2, 0.25) is 5.02 Å². The highest BCUT2D eigenvalue weighted by atomic mass is 35.5.